The second-order valence-electron chi connectivity index (χ2n) is 5.31. The molecule has 1 aliphatic rings. The Hall–Kier alpha value is -1.94. The Labute approximate surface area is 118 Å². The molecule has 1 aliphatic heterocycles. The highest BCUT2D eigenvalue weighted by atomic mass is 16.1. The second-order valence-corrected chi connectivity index (χ2v) is 5.31. The first-order chi connectivity index (χ1) is 9.83. The van der Waals surface area contributed by atoms with Crippen molar-refractivity contribution in [2.24, 2.45) is 0 Å². The van der Waals surface area contributed by atoms with E-state index >= 15 is 0 Å². The van der Waals surface area contributed by atoms with Crippen molar-refractivity contribution >= 4 is 0 Å². The molecule has 0 amide bonds. The van der Waals surface area contributed by atoms with E-state index in [-0.39, 0.29) is 5.56 Å². The van der Waals surface area contributed by atoms with E-state index in [4.69, 9.17) is 0 Å². The molecular formula is C16H19N3O. The highest BCUT2D eigenvalue weighted by Gasteiger charge is 2.14. The van der Waals surface area contributed by atoms with Gasteiger partial charge in [-0.2, -0.15) is 5.10 Å². The summed E-state index contributed by atoms with van der Waals surface area (Å²) in [5, 5.41) is 6.80. The van der Waals surface area contributed by atoms with Gasteiger partial charge in [-0.1, -0.05) is 36.8 Å². The van der Waals surface area contributed by atoms with Crippen LogP contribution in [0, 0.1) is 0 Å². The molecule has 1 saturated heterocycles. The zero-order chi connectivity index (χ0) is 13.8. The van der Waals surface area contributed by atoms with Gasteiger partial charge in [0.25, 0.3) is 5.56 Å². The summed E-state index contributed by atoms with van der Waals surface area (Å²) in [5.41, 5.74) is 2.82. The number of nitrogens with zero attached hydrogens (tertiary/aromatic N) is 2. The Morgan fingerprint density at radius 2 is 1.85 bits per heavy atom. The number of likely N-dealkylation sites (tertiary alicyclic amines) is 1. The number of H-pyrrole nitrogens is 1. The monoisotopic (exact) mass is 269 g/mol. The van der Waals surface area contributed by atoms with Gasteiger partial charge in [0.1, 0.15) is 0 Å². The number of hydrogen-bond acceptors (Lipinski definition) is 3. The molecule has 104 valence electrons. The zero-order valence-electron chi connectivity index (χ0n) is 11.5. The maximum atomic E-state index is 11.6. The first-order valence-electron chi connectivity index (χ1n) is 7.19. The normalized spacial score (nSPS) is 16.2. The summed E-state index contributed by atoms with van der Waals surface area (Å²) in [6.45, 7) is 3.03. The van der Waals surface area contributed by atoms with E-state index in [0.29, 0.717) is 0 Å². The summed E-state index contributed by atoms with van der Waals surface area (Å²) in [6, 6.07) is 11.7. The van der Waals surface area contributed by atoms with Crippen molar-refractivity contribution in [1.82, 2.24) is 15.1 Å². The molecule has 2 aromatic rings. The molecule has 1 aromatic heterocycles. The molecule has 0 spiro atoms. The van der Waals surface area contributed by atoms with Gasteiger partial charge >= 0.3 is 0 Å². The molecule has 2 heterocycles. The van der Waals surface area contributed by atoms with Crippen LogP contribution in [0.5, 0.6) is 0 Å². The standard InChI is InChI=1S/C16H19N3O/c20-15-11-14(12-19-9-5-2-6-10-19)16(18-17-15)13-7-3-1-4-8-13/h1,3-4,7-8,11H,2,5-6,9-10,12H2,(H,17,20). The molecule has 1 fully saturated rings. The smallest absolute Gasteiger partial charge is 0.264 e. The minimum Gasteiger partial charge on any atom is -0.299 e. The number of aromatic nitrogens is 2. The number of piperidine rings is 1. The van der Waals surface area contributed by atoms with E-state index in [0.717, 1.165) is 36.5 Å². The lowest BCUT2D eigenvalue weighted by molar-refractivity contribution is 0.221. The van der Waals surface area contributed by atoms with Gasteiger partial charge in [-0.15, -0.1) is 0 Å². The van der Waals surface area contributed by atoms with Gasteiger partial charge in [-0.3, -0.25) is 9.69 Å². The van der Waals surface area contributed by atoms with Crippen LogP contribution in [-0.4, -0.2) is 28.2 Å². The molecule has 0 unspecified atom stereocenters. The molecule has 20 heavy (non-hydrogen) atoms. The topological polar surface area (TPSA) is 49.0 Å². The van der Waals surface area contributed by atoms with Crippen LogP contribution in [-0.2, 0) is 6.54 Å². The fourth-order valence-corrected chi connectivity index (χ4v) is 2.77. The van der Waals surface area contributed by atoms with Gasteiger partial charge in [0.05, 0.1) is 5.69 Å². The number of hydrogen-bond donors (Lipinski definition) is 1. The third-order valence-electron chi connectivity index (χ3n) is 3.78. The van der Waals surface area contributed by atoms with Crippen LogP contribution in [0.2, 0.25) is 0 Å². The van der Waals surface area contributed by atoms with Crippen LogP contribution < -0.4 is 5.56 Å². The predicted octanol–water partition coefficient (Wildman–Crippen LogP) is 2.42. The molecule has 4 nitrogen and oxygen atoms in total. The van der Waals surface area contributed by atoms with E-state index < -0.39 is 0 Å². The van der Waals surface area contributed by atoms with Crippen molar-refractivity contribution in [3.05, 3.63) is 52.3 Å². The van der Waals surface area contributed by atoms with E-state index in [1.165, 1.54) is 19.3 Å². The van der Waals surface area contributed by atoms with Gasteiger partial charge in [0.15, 0.2) is 0 Å². The van der Waals surface area contributed by atoms with Gasteiger partial charge in [0, 0.05) is 18.2 Å². The van der Waals surface area contributed by atoms with Crippen molar-refractivity contribution in [3.8, 4) is 11.3 Å². The van der Waals surface area contributed by atoms with Crippen molar-refractivity contribution in [1.29, 1.82) is 0 Å². The van der Waals surface area contributed by atoms with Crippen LogP contribution in [0.4, 0.5) is 0 Å². The van der Waals surface area contributed by atoms with E-state index in [2.05, 4.69) is 15.1 Å². The molecule has 3 rings (SSSR count). The van der Waals surface area contributed by atoms with Crippen molar-refractivity contribution in [2.75, 3.05) is 13.1 Å². The van der Waals surface area contributed by atoms with Crippen LogP contribution in [0.1, 0.15) is 24.8 Å². The zero-order valence-corrected chi connectivity index (χ0v) is 11.5. The number of nitrogens with one attached hydrogen (secondary N) is 1. The lowest BCUT2D eigenvalue weighted by Crippen LogP contribution is -2.30. The van der Waals surface area contributed by atoms with Crippen LogP contribution in [0.3, 0.4) is 0 Å². The fourth-order valence-electron chi connectivity index (χ4n) is 2.77. The van der Waals surface area contributed by atoms with Crippen LogP contribution in [0.25, 0.3) is 11.3 Å². The SMILES string of the molecule is O=c1cc(CN2CCCCC2)c(-c2ccccc2)n[nH]1. The Morgan fingerprint density at radius 3 is 2.60 bits per heavy atom. The second kappa shape index (κ2) is 6.01. The first-order valence-corrected chi connectivity index (χ1v) is 7.19. The maximum Gasteiger partial charge on any atom is 0.264 e. The lowest BCUT2D eigenvalue weighted by atomic mass is 10.0. The number of rotatable bonds is 3. The van der Waals surface area contributed by atoms with Gasteiger partial charge < -0.3 is 0 Å². The molecule has 1 N–H and O–H groups in total. The third-order valence-corrected chi connectivity index (χ3v) is 3.78. The minimum absolute atomic E-state index is 0.128. The average Bonchev–Trinajstić information content (AvgIpc) is 2.49. The minimum atomic E-state index is -0.128. The quantitative estimate of drug-likeness (QED) is 0.931. The lowest BCUT2D eigenvalue weighted by Gasteiger charge is -2.26. The van der Waals surface area contributed by atoms with Gasteiger partial charge in [-0.05, 0) is 31.5 Å². The summed E-state index contributed by atoms with van der Waals surface area (Å²) in [7, 11) is 0. The average molecular weight is 269 g/mol. The van der Waals surface area contributed by atoms with Crippen molar-refractivity contribution in [2.45, 2.75) is 25.8 Å². The summed E-state index contributed by atoms with van der Waals surface area (Å²) in [4.78, 5) is 14.0. The molecule has 1 aromatic carbocycles. The van der Waals surface area contributed by atoms with E-state index in [1.807, 2.05) is 30.3 Å². The van der Waals surface area contributed by atoms with E-state index in [1.54, 1.807) is 6.07 Å². The van der Waals surface area contributed by atoms with E-state index in [9.17, 15) is 4.79 Å². The maximum absolute atomic E-state index is 11.6. The number of aromatic amines is 1. The molecular weight excluding hydrogens is 250 g/mol. The highest BCUT2D eigenvalue weighted by Crippen LogP contribution is 2.21. The Bertz CT molecular complexity index is 615. The van der Waals surface area contributed by atoms with Gasteiger partial charge in [-0.25, -0.2) is 5.10 Å². The Balaban J connectivity index is 1.92. The van der Waals surface area contributed by atoms with Crippen LogP contribution in [0.15, 0.2) is 41.2 Å². The van der Waals surface area contributed by atoms with Crippen molar-refractivity contribution < 1.29 is 0 Å². The van der Waals surface area contributed by atoms with Crippen LogP contribution >= 0.6 is 0 Å². The number of benzene rings is 1. The summed E-state index contributed by atoms with van der Waals surface area (Å²) in [5.74, 6) is 0. The molecule has 0 saturated carbocycles. The first kappa shape index (κ1) is 13.1. The third kappa shape index (κ3) is 2.96. The summed E-state index contributed by atoms with van der Waals surface area (Å²) >= 11 is 0. The summed E-state index contributed by atoms with van der Waals surface area (Å²) in [6.07, 6.45) is 3.81. The molecule has 4 heteroatoms. The Kier molecular flexibility index (Phi) is 3.92. The van der Waals surface area contributed by atoms with Gasteiger partial charge in [0.2, 0.25) is 0 Å². The fraction of sp³-hybridized carbons (Fsp3) is 0.375. The van der Waals surface area contributed by atoms with Crippen molar-refractivity contribution in [3.63, 3.8) is 0 Å². The highest BCUT2D eigenvalue weighted by molar-refractivity contribution is 5.62. The largest absolute Gasteiger partial charge is 0.299 e. The summed E-state index contributed by atoms with van der Waals surface area (Å²) < 4.78 is 0. The molecule has 0 atom stereocenters. The molecule has 0 bridgehead atoms. The predicted molar refractivity (Wildman–Crippen MR) is 79.4 cm³/mol. The molecule has 0 radical (unpaired) electrons. The Morgan fingerprint density at radius 1 is 1.10 bits per heavy atom. The molecule has 0 aliphatic carbocycles.